The third-order valence-corrected chi connectivity index (χ3v) is 4.98. The minimum Gasteiger partial charge on any atom is -0.347 e. The van der Waals surface area contributed by atoms with Gasteiger partial charge in [-0.05, 0) is 23.4 Å². The van der Waals surface area contributed by atoms with Crippen molar-refractivity contribution in [2.24, 2.45) is 0 Å². The maximum absolute atomic E-state index is 12.6. The van der Waals surface area contributed by atoms with Crippen molar-refractivity contribution < 1.29 is 9.32 Å². The average molecular weight is 402 g/mol. The standard InChI is InChI=1S/C20H20ClN3O2S/c1-27-13-18-23-20(26-24-18)12-22-19(25)11-16(14-7-3-2-4-8-14)15-9-5-6-10-17(15)21/h2-10,16H,11-13H2,1H3,(H,22,25). The van der Waals surface area contributed by atoms with Crippen LogP contribution in [0.2, 0.25) is 5.02 Å². The molecule has 1 aromatic heterocycles. The molecule has 7 heteroatoms. The summed E-state index contributed by atoms with van der Waals surface area (Å²) in [7, 11) is 0. The molecule has 0 spiro atoms. The summed E-state index contributed by atoms with van der Waals surface area (Å²) in [5.41, 5.74) is 1.97. The van der Waals surface area contributed by atoms with Crippen LogP contribution in [-0.4, -0.2) is 22.3 Å². The highest BCUT2D eigenvalue weighted by molar-refractivity contribution is 7.97. The Balaban J connectivity index is 1.70. The molecule has 1 heterocycles. The van der Waals surface area contributed by atoms with Crippen molar-refractivity contribution in [1.29, 1.82) is 0 Å². The van der Waals surface area contributed by atoms with Crippen molar-refractivity contribution in [2.75, 3.05) is 6.26 Å². The molecule has 0 aliphatic rings. The van der Waals surface area contributed by atoms with Gasteiger partial charge >= 0.3 is 0 Å². The first-order valence-electron chi connectivity index (χ1n) is 8.54. The molecule has 3 aromatic rings. The quantitative estimate of drug-likeness (QED) is 0.605. The van der Waals surface area contributed by atoms with Gasteiger partial charge in [0, 0.05) is 17.4 Å². The van der Waals surface area contributed by atoms with Crippen LogP contribution in [-0.2, 0) is 17.1 Å². The van der Waals surface area contributed by atoms with Gasteiger partial charge in [-0.2, -0.15) is 16.7 Å². The predicted molar refractivity (Wildman–Crippen MR) is 108 cm³/mol. The summed E-state index contributed by atoms with van der Waals surface area (Å²) in [6.07, 6.45) is 2.25. The minimum atomic E-state index is -0.130. The van der Waals surface area contributed by atoms with Crippen LogP contribution in [0, 0.1) is 0 Å². The SMILES string of the molecule is CSCc1noc(CNC(=O)CC(c2ccccc2)c2ccccc2Cl)n1. The minimum absolute atomic E-state index is 0.103. The molecule has 0 saturated carbocycles. The van der Waals surface area contributed by atoms with Gasteiger partial charge in [0.15, 0.2) is 5.82 Å². The average Bonchev–Trinajstić information content (AvgIpc) is 3.14. The van der Waals surface area contributed by atoms with E-state index in [1.807, 2.05) is 60.9 Å². The molecule has 0 radical (unpaired) electrons. The van der Waals surface area contributed by atoms with Crippen molar-refractivity contribution in [3.8, 4) is 0 Å². The van der Waals surface area contributed by atoms with Gasteiger partial charge in [-0.25, -0.2) is 0 Å². The Bertz CT molecular complexity index is 886. The molecule has 0 aliphatic carbocycles. The molecular formula is C20H20ClN3O2S. The molecule has 1 atom stereocenters. The van der Waals surface area contributed by atoms with Gasteiger partial charge in [0.05, 0.1) is 12.3 Å². The van der Waals surface area contributed by atoms with Crippen molar-refractivity contribution in [2.45, 2.75) is 24.6 Å². The first-order chi connectivity index (χ1) is 13.2. The fourth-order valence-electron chi connectivity index (χ4n) is 2.83. The zero-order valence-electron chi connectivity index (χ0n) is 14.9. The van der Waals surface area contributed by atoms with Gasteiger partial charge in [-0.3, -0.25) is 4.79 Å². The molecule has 1 amide bonds. The van der Waals surface area contributed by atoms with Gasteiger partial charge in [-0.1, -0.05) is 65.3 Å². The first kappa shape index (κ1) is 19.5. The van der Waals surface area contributed by atoms with E-state index in [4.69, 9.17) is 16.1 Å². The van der Waals surface area contributed by atoms with Crippen molar-refractivity contribution in [3.63, 3.8) is 0 Å². The summed E-state index contributed by atoms with van der Waals surface area (Å²) in [4.78, 5) is 16.8. The summed E-state index contributed by atoms with van der Waals surface area (Å²) < 4.78 is 5.15. The lowest BCUT2D eigenvalue weighted by molar-refractivity contribution is -0.121. The summed E-state index contributed by atoms with van der Waals surface area (Å²) in [6.45, 7) is 0.213. The van der Waals surface area contributed by atoms with E-state index >= 15 is 0 Å². The second-order valence-corrected chi connectivity index (χ2v) is 7.28. The lowest BCUT2D eigenvalue weighted by Crippen LogP contribution is -2.25. The molecule has 0 bridgehead atoms. The summed E-state index contributed by atoms with van der Waals surface area (Å²) in [5, 5.41) is 7.39. The van der Waals surface area contributed by atoms with Crippen LogP contribution in [0.3, 0.4) is 0 Å². The number of carbonyl (C=O) groups excluding carboxylic acids is 1. The van der Waals surface area contributed by atoms with E-state index < -0.39 is 0 Å². The van der Waals surface area contributed by atoms with Gasteiger partial charge in [0.2, 0.25) is 11.8 Å². The topological polar surface area (TPSA) is 68.0 Å². The molecule has 0 aliphatic heterocycles. The van der Waals surface area contributed by atoms with E-state index in [0.29, 0.717) is 22.5 Å². The summed E-state index contributed by atoms with van der Waals surface area (Å²) >= 11 is 8.00. The molecule has 27 heavy (non-hydrogen) atoms. The molecule has 2 aromatic carbocycles. The highest BCUT2D eigenvalue weighted by Crippen LogP contribution is 2.32. The number of benzene rings is 2. The number of nitrogens with zero attached hydrogens (tertiary/aromatic N) is 2. The zero-order chi connectivity index (χ0) is 19.1. The first-order valence-corrected chi connectivity index (χ1v) is 10.3. The van der Waals surface area contributed by atoms with Crippen LogP contribution in [0.4, 0.5) is 0 Å². The van der Waals surface area contributed by atoms with Crippen molar-refractivity contribution >= 4 is 29.3 Å². The number of halogens is 1. The lowest BCUT2D eigenvalue weighted by Gasteiger charge is -2.19. The van der Waals surface area contributed by atoms with Crippen LogP contribution >= 0.6 is 23.4 Å². The largest absolute Gasteiger partial charge is 0.347 e. The number of aromatic nitrogens is 2. The van der Waals surface area contributed by atoms with Gasteiger partial charge in [-0.15, -0.1) is 0 Å². The van der Waals surface area contributed by atoms with Gasteiger partial charge < -0.3 is 9.84 Å². The fraction of sp³-hybridized carbons (Fsp3) is 0.250. The predicted octanol–water partition coefficient (Wildman–Crippen LogP) is 4.42. The highest BCUT2D eigenvalue weighted by Gasteiger charge is 2.20. The highest BCUT2D eigenvalue weighted by atomic mass is 35.5. The van der Waals surface area contributed by atoms with Gasteiger partial charge in [0.25, 0.3) is 0 Å². The maximum atomic E-state index is 12.6. The molecule has 140 valence electrons. The lowest BCUT2D eigenvalue weighted by atomic mass is 9.88. The number of hydrogen-bond donors (Lipinski definition) is 1. The van der Waals surface area contributed by atoms with E-state index in [1.165, 1.54) is 0 Å². The van der Waals surface area contributed by atoms with Crippen LogP contribution in [0.1, 0.15) is 35.2 Å². The van der Waals surface area contributed by atoms with Crippen LogP contribution < -0.4 is 5.32 Å². The van der Waals surface area contributed by atoms with Crippen LogP contribution in [0.5, 0.6) is 0 Å². The summed E-state index contributed by atoms with van der Waals surface area (Å²) in [5.74, 6) is 1.48. The van der Waals surface area contributed by atoms with Crippen LogP contribution in [0.15, 0.2) is 59.1 Å². The third kappa shape index (κ3) is 5.34. The Hall–Kier alpha value is -2.31. The molecule has 1 N–H and O–H groups in total. The smallest absolute Gasteiger partial charge is 0.246 e. The molecule has 0 fully saturated rings. The Labute approximate surface area is 167 Å². The summed E-state index contributed by atoms with van der Waals surface area (Å²) in [6, 6.07) is 17.5. The number of amides is 1. The number of carbonyl (C=O) groups is 1. The van der Waals surface area contributed by atoms with Gasteiger partial charge in [0.1, 0.15) is 0 Å². The van der Waals surface area contributed by atoms with E-state index in [2.05, 4.69) is 15.5 Å². The Morgan fingerprint density at radius 3 is 2.67 bits per heavy atom. The molecule has 1 unspecified atom stereocenters. The second-order valence-electron chi connectivity index (χ2n) is 6.00. The van der Waals surface area contributed by atoms with E-state index in [1.54, 1.807) is 11.8 Å². The number of rotatable bonds is 8. The van der Waals surface area contributed by atoms with Crippen molar-refractivity contribution in [3.05, 3.63) is 82.5 Å². The zero-order valence-corrected chi connectivity index (χ0v) is 16.5. The monoisotopic (exact) mass is 401 g/mol. The number of nitrogens with one attached hydrogen (secondary N) is 1. The van der Waals surface area contributed by atoms with Crippen LogP contribution in [0.25, 0.3) is 0 Å². The second kappa shape index (κ2) is 9.58. The normalized spacial score (nSPS) is 11.9. The Morgan fingerprint density at radius 2 is 1.93 bits per heavy atom. The van der Waals surface area contributed by atoms with E-state index in [9.17, 15) is 4.79 Å². The number of hydrogen-bond acceptors (Lipinski definition) is 5. The Morgan fingerprint density at radius 1 is 1.19 bits per heavy atom. The van der Waals surface area contributed by atoms with Crippen molar-refractivity contribution in [1.82, 2.24) is 15.5 Å². The third-order valence-electron chi connectivity index (χ3n) is 4.09. The fourth-order valence-corrected chi connectivity index (χ4v) is 3.47. The van der Waals surface area contributed by atoms with E-state index in [-0.39, 0.29) is 24.8 Å². The molecule has 3 rings (SSSR count). The van der Waals surface area contributed by atoms with E-state index in [0.717, 1.165) is 11.1 Å². The Kier molecular flexibility index (Phi) is 6.90. The number of thioether (sulfide) groups is 1. The maximum Gasteiger partial charge on any atom is 0.246 e. The molecule has 5 nitrogen and oxygen atoms in total. The molecule has 0 saturated heterocycles. The molecular weight excluding hydrogens is 382 g/mol.